The van der Waals surface area contributed by atoms with Gasteiger partial charge in [-0.2, -0.15) is 0 Å². The number of carbonyl (C=O) groups is 2. The lowest BCUT2D eigenvalue weighted by molar-refractivity contribution is -0.146. The minimum Gasteiger partial charge on any atom is -0.480 e. The fourth-order valence-electron chi connectivity index (χ4n) is 1.92. The summed E-state index contributed by atoms with van der Waals surface area (Å²) in [5.74, 6) is 1.55. The van der Waals surface area contributed by atoms with Crippen LogP contribution < -0.4 is 0 Å². The molecule has 1 aromatic rings. The van der Waals surface area contributed by atoms with Crippen molar-refractivity contribution in [2.45, 2.75) is 25.6 Å². The summed E-state index contributed by atoms with van der Waals surface area (Å²) >= 11 is 2.93. The Balaban J connectivity index is 1.85. The molecule has 0 spiro atoms. The Bertz CT molecular complexity index is 498. The topological polar surface area (TPSA) is 83.6 Å². The van der Waals surface area contributed by atoms with Crippen LogP contribution in [0.4, 0.5) is 0 Å². The molecule has 1 aliphatic rings. The zero-order chi connectivity index (χ0) is 14.7. The Morgan fingerprint density at radius 2 is 2.30 bits per heavy atom. The third-order valence-electron chi connectivity index (χ3n) is 3.14. The number of aryl methyl sites for hydroxylation is 2. The highest BCUT2D eigenvalue weighted by molar-refractivity contribution is 7.99. The maximum absolute atomic E-state index is 12.0. The summed E-state index contributed by atoms with van der Waals surface area (Å²) in [6.07, 6.45) is 0. The average molecular weight is 316 g/mol. The van der Waals surface area contributed by atoms with E-state index in [1.54, 1.807) is 0 Å². The van der Waals surface area contributed by atoms with E-state index in [-0.39, 0.29) is 11.7 Å². The molecule has 110 valence electrons. The lowest BCUT2D eigenvalue weighted by Gasteiger charge is -2.20. The molecule has 20 heavy (non-hydrogen) atoms. The number of carboxylic acid groups (broad SMARTS) is 1. The van der Waals surface area contributed by atoms with Crippen molar-refractivity contribution in [3.05, 3.63) is 17.0 Å². The molecule has 1 atom stereocenters. The molecule has 0 saturated carbocycles. The lowest BCUT2D eigenvalue weighted by atomic mass is 10.2. The van der Waals surface area contributed by atoms with Crippen LogP contribution in [0.5, 0.6) is 0 Å². The summed E-state index contributed by atoms with van der Waals surface area (Å²) in [5, 5.41) is 12.9. The molecule has 2 rings (SSSR count). The molecule has 0 radical (unpaired) electrons. The van der Waals surface area contributed by atoms with Crippen LogP contribution in [0.15, 0.2) is 4.52 Å². The Morgan fingerprint density at radius 3 is 2.90 bits per heavy atom. The van der Waals surface area contributed by atoms with Gasteiger partial charge in [0.1, 0.15) is 11.8 Å². The fraction of sp³-hybridized carbons (Fsp3) is 0.583. The Morgan fingerprint density at radius 1 is 1.55 bits per heavy atom. The Kier molecular flexibility index (Phi) is 4.98. The van der Waals surface area contributed by atoms with E-state index >= 15 is 0 Å². The van der Waals surface area contributed by atoms with Crippen molar-refractivity contribution in [1.29, 1.82) is 0 Å². The quantitative estimate of drug-likeness (QED) is 0.881. The number of rotatable bonds is 5. The predicted octanol–water partition coefficient (Wildman–Crippen LogP) is 1.51. The van der Waals surface area contributed by atoms with Crippen molar-refractivity contribution in [2.75, 3.05) is 17.4 Å². The Hall–Kier alpha value is -1.15. The minimum atomic E-state index is -0.931. The van der Waals surface area contributed by atoms with Crippen molar-refractivity contribution in [3.63, 3.8) is 0 Å². The zero-order valence-electron chi connectivity index (χ0n) is 11.3. The molecule has 2 heterocycles. The smallest absolute Gasteiger partial charge is 0.327 e. The number of aliphatic carboxylic acids is 1. The van der Waals surface area contributed by atoms with E-state index in [1.165, 1.54) is 28.4 Å². The van der Waals surface area contributed by atoms with Crippen LogP contribution in [0, 0.1) is 13.8 Å². The molecular weight excluding hydrogens is 300 g/mol. The average Bonchev–Trinajstić information content (AvgIpc) is 2.99. The molecular formula is C12H16N2O4S2. The van der Waals surface area contributed by atoms with Crippen LogP contribution in [0.1, 0.15) is 17.0 Å². The number of carbonyl (C=O) groups excluding carboxylic acids is 1. The molecule has 1 amide bonds. The number of aromatic nitrogens is 1. The molecule has 1 aromatic heterocycles. The van der Waals surface area contributed by atoms with Crippen LogP contribution in [0.2, 0.25) is 0 Å². The minimum absolute atomic E-state index is 0.126. The van der Waals surface area contributed by atoms with Gasteiger partial charge in [-0.05, 0) is 13.8 Å². The van der Waals surface area contributed by atoms with E-state index in [1.807, 2.05) is 13.8 Å². The summed E-state index contributed by atoms with van der Waals surface area (Å²) in [7, 11) is 0. The van der Waals surface area contributed by atoms with E-state index in [4.69, 9.17) is 9.63 Å². The second kappa shape index (κ2) is 6.53. The van der Waals surface area contributed by atoms with Gasteiger partial charge in [0.25, 0.3) is 0 Å². The van der Waals surface area contributed by atoms with E-state index in [2.05, 4.69) is 5.16 Å². The van der Waals surface area contributed by atoms with Crippen LogP contribution in [0.25, 0.3) is 0 Å². The van der Waals surface area contributed by atoms with Gasteiger partial charge in [0, 0.05) is 17.1 Å². The monoisotopic (exact) mass is 316 g/mol. The van der Waals surface area contributed by atoms with Crippen molar-refractivity contribution in [1.82, 2.24) is 10.1 Å². The number of carboxylic acids is 1. The largest absolute Gasteiger partial charge is 0.480 e. The van der Waals surface area contributed by atoms with Crippen molar-refractivity contribution >= 4 is 35.4 Å². The standard InChI is InChI=1S/C12H16N2O4S2/c1-7-9(8(2)18-13-7)3-19-5-11(15)14-6-20-4-10(14)12(16)17/h10H,3-6H2,1-2H3,(H,16,17). The van der Waals surface area contributed by atoms with E-state index in [0.717, 1.165) is 17.0 Å². The van der Waals surface area contributed by atoms with Gasteiger partial charge < -0.3 is 14.5 Å². The number of amides is 1. The first-order valence-electron chi connectivity index (χ1n) is 6.10. The van der Waals surface area contributed by atoms with Gasteiger partial charge in [0.05, 0.1) is 17.3 Å². The first-order valence-corrected chi connectivity index (χ1v) is 8.41. The predicted molar refractivity (Wildman–Crippen MR) is 77.7 cm³/mol. The van der Waals surface area contributed by atoms with Crippen LogP contribution in [-0.4, -0.2) is 50.5 Å². The first-order chi connectivity index (χ1) is 9.50. The highest BCUT2D eigenvalue weighted by Gasteiger charge is 2.34. The summed E-state index contributed by atoms with van der Waals surface area (Å²) in [5.41, 5.74) is 1.84. The van der Waals surface area contributed by atoms with E-state index in [0.29, 0.717) is 17.4 Å². The summed E-state index contributed by atoms with van der Waals surface area (Å²) in [6.45, 7) is 3.71. The van der Waals surface area contributed by atoms with Gasteiger partial charge >= 0.3 is 5.97 Å². The van der Waals surface area contributed by atoms with Crippen molar-refractivity contribution < 1.29 is 19.2 Å². The van der Waals surface area contributed by atoms with Crippen LogP contribution >= 0.6 is 23.5 Å². The maximum Gasteiger partial charge on any atom is 0.327 e. The molecule has 0 aliphatic carbocycles. The van der Waals surface area contributed by atoms with Gasteiger partial charge in [-0.3, -0.25) is 4.79 Å². The van der Waals surface area contributed by atoms with Gasteiger partial charge in [0.2, 0.25) is 5.91 Å². The number of hydrogen-bond donors (Lipinski definition) is 1. The van der Waals surface area contributed by atoms with Gasteiger partial charge in [-0.25, -0.2) is 4.79 Å². The molecule has 0 aromatic carbocycles. The normalized spacial score (nSPS) is 18.5. The number of nitrogens with zero attached hydrogens (tertiary/aromatic N) is 2. The second-order valence-electron chi connectivity index (χ2n) is 4.51. The second-order valence-corrected chi connectivity index (χ2v) is 6.50. The molecule has 1 unspecified atom stereocenters. The third-order valence-corrected chi connectivity index (χ3v) is 5.10. The van der Waals surface area contributed by atoms with Crippen LogP contribution in [0.3, 0.4) is 0 Å². The first kappa shape index (κ1) is 15.2. The van der Waals surface area contributed by atoms with Crippen molar-refractivity contribution in [3.8, 4) is 0 Å². The molecule has 0 bridgehead atoms. The third kappa shape index (κ3) is 3.29. The summed E-state index contributed by atoms with van der Waals surface area (Å²) in [4.78, 5) is 24.5. The zero-order valence-corrected chi connectivity index (χ0v) is 12.9. The molecule has 1 N–H and O–H groups in total. The molecule has 1 saturated heterocycles. The lowest BCUT2D eigenvalue weighted by Crippen LogP contribution is -2.42. The highest BCUT2D eigenvalue weighted by atomic mass is 32.2. The SMILES string of the molecule is Cc1noc(C)c1CSCC(=O)N1CSCC1C(=O)O. The van der Waals surface area contributed by atoms with Crippen molar-refractivity contribution in [2.24, 2.45) is 0 Å². The van der Waals surface area contributed by atoms with Gasteiger partial charge in [-0.15, -0.1) is 23.5 Å². The molecule has 8 heteroatoms. The number of thioether (sulfide) groups is 2. The summed E-state index contributed by atoms with van der Waals surface area (Å²) in [6, 6.07) is -0.688. The Labute approximate surface area is 125 Å². The fourth-order valence-corrected chi connectivity index (χ4v) is 4.15. The molecule has 1 aliphatic heterocycles. The van der Waals surface area contributed by atoms with Gasteiger partial charge in [-0.1, -0.05) is 5.16 Å². The highest BCUT2D eigenvalue weighted by Crippen LogP contribution is 2.24. The van der Waals surface area contributed by atoms with E-state index < -0.39 is 12.0 Å². The molecule has 6 nitrogen and oxygen atoms in total. The summed E-state index contributed by atoms with van der Waals surface area (Å²) < 4.78 is 5.06. The van der Waals surface area contributed by atoms with Crippen LogP contribution in [-0.2, 0) is 15.3 Å². The van der Waals surface area contributed by atoms with Gasteiger partial charge in [0.15, 0.2) is 0 Å². The molecule has 1 fully saturated rings. The maximum atomic E-state index is 12.0. The van der Waals surface area contributed by atoms with E-state index in [9.17, 15) is 9.59 Å². The number of hydrogen-bond acceptors (Lipinski definition) is 6.